The Hall–Kier alpha value is -3.53. The molecular formula is C30H38F2N2O6. The number of nitrogens with one attached hydrogen (secondary N) is 1. The van der Waals surface area contributed by atoms with Crippen molar-refractivity contribution in [3.8, 4) is 0 Å². The average molecular weight is 561 g/mol. The number of halogens is 2. The summed E-state index contributed by atoms with van der Waals surface area (Å²) >= 11 is 0. The molecule has 4 unspecified atom stereocenters. The van der Waals surface area contributed by atoms with E-state index < -0.39 is 6.09 Å². The number of amides is 1. The summed E-state index contributed by atoms with van der Waals surface area (Å²) in [5, 5.41) is 3.37. The topological polar surface area (TPSA) is 94.2 Å². The van der Waals surface area contributed by atoms with Crippen LogP contribution in [0.2, 0.25) is 0 Å². The smallest absolute Gasteiger partial charge is 0.409 e. The molecule has 2 fully saturated rings. The Balaban J connectivity index is 0.000000225. The summed E-state index contributed by atoms with van der Waals surface area (Å²) in [6.07, 6.45) is 3.38. The van der Waals surface area contributed by atoms with Crippen molar-refractivity contribution in [2.75, 3.05) is 34.4 Å². The van der Waals surface area contributed by atoms with Crippen molar-refractivity contribution in [2.45, 2.75) is 50.6 Å². The van der Waals surface area contributed by atoms with Crippen LogP contribution >= 0.6 is 0 Å². The van der Waals surface area contributed by atoms with Gasteiger partial charge < -0.3 is 24.4 Å². The standard InChI is InChI=1S/C16H20FNO4.C14H18FNO2/c1-21-15(19)12-6-7-18(16(20)22-2)14(10-12)9-11-4-3-5-13(17)8-11;1-18-14(17)11-5-6-16-13(9-11)8-10-3-2-4-12(15)7-10/h3-5,8,12,14H,6-7,9-10H2,1-2H3;2-4,7,11,13,16H,5-6,8-9H2,1H3. The normalized spacial score (nSPS) is 22.4. The molecule has 8 nitrogen and oxygen atoms in total. The van der Waals surface area contributed by atoms with Gasteiger partial charge in [0.2, 0.25) is 0 Å². The van der Waals surface area contributed by atoms with Crippen LogP contribution in [-0.2, 0) is 36.6 Å². The lowest BCUT2D eigenvalue weighted by Gasteiger charge is -2.37. The highest BCUT2D eigenvalue weighted by Crippen LogP contribution is 2.27. The summed E-state index contributed by atoms with van der Waals surface area (Å²) in [5.41, 5.74) is 1.74. The number of methoxy groups -OCH3 is 3. The van der Waals surface area contributed by atoms with Gasteiger partial charge in [-0.25, -0.2) is 13.6 Å². The van der Waals surface area contributed by atoms with Gasteiger partial charge in [-0.2, -0.15) is 0 Å². The second kappa shape index (κ2) is 15.3. The van der Waals surface area contributed by atoms with Gasteiger partial charge in [0, 0.05) is 18.6 Å². The maximum atomic E-state index is 13.3. The zero-order valence-electron chi connectivity index (χ0n) is 23.2. The summed E-state index contributed by atoms with van der Waals surface area (Å²) in [4.78, 5) is 36.8. The molecule has 0 spiro atoms. The maximum Gasteiger partial charge on any atom is 0.409 e. The number of piperidine rings is 2. The molecule has 1 amide bonds. The Kier molecular flexibility index (Phi) is 11.9. The number of likely N-dealkylation sites (tertiary alicyclic amines) is 1. The first-order valence-corrected chi connectivity index (χ1v) is 13.5. The van der Waals surface area contributed by atoms with Crippen LogP contribution < -0.4 is 5.32 Å². The van der Waals surface area contributed by atoms with E-state index in [2.05, 4.69) is 5.32 Å². The van der Waals surface area contributed by atoms with Crippen molar-refractivity contribution in [2.24, 2.45) is 11.8 Å². The molecule has 40 heavy (non-hydrogen) atoms. The molecule has 10 heteroatoms. The molecule has 1 N–H and O–H groups in total. The lowest BCUT2D eigenvalue weighted by Crippen LogP contribution is -2.48. The van der Waals surface area contributed by atoms with Crippen LogP contribution in [0.1, 0.15) is 36.8 Å². The average Bonchev–Trinajstić information content (AvgIpc) is 2.96. The van der Waals surface area contributed by atoms with E-state index >= 15 is 0 Å². The highest BCUT2D eigenvalue weighted by atomic mass is 19.1. The molecular weight excluding hydrogens is 522 g/mol. The number of esters is 2. The molecule has 2 aromatic rings. The van der Waals surface area contributed by atoms with Gasteiger partial charge in [-0.1, -0.05) is 24.3 Å². The Morgan fingerprint density at radius 2 is 1.40 bits per heavy atom. The lowest BCUT2D eigenvalue weighted by atomic mass is 9.88. The Morgan fingerprint density at radius 1 is 0.825 bits per heavy atom. The van der Waals surface area contributed by atoms with Gasteiger partial charge in [-0.05, 0) is 80.5 Å². The van der Waals surface area contributed by atoms with E-state index in [1.54, 1.807) is 29.2 Å². The van der Waals surface area contributed by atoms with Gasteiger partial charge in [0.1, 0.15) is 11.6 Å². The van der Waals surface area contributed by atoms with E-state index in [4.69, 9.17) is 14.2 Å². The van der Waals surface area contributed by atoms with Crippen LogP contribution in [0.3, 0.4) is 0 Å². The fraction of sp³-hybridized carbons (Fsp3) is 0.500. The van der Waals surface area contributed by atoms with E-state index in [1.165, 1.54) is 39.5 Å². The summed E-state index contributed by atoms with van der Waals surface area (Å²) in [7, 11) is 4.11. The van der Waals surface area contributed by atoms with Crippen LogP contribution in [0.5, 0.6) is 0 Å². The van der Waals surface area contributed by atoms with Gasteiger partial charge in [-0.3, -0.25) is 9.59 Å². The third-order valence-corrected chi connectivity index (χ3v) is 7.42. The summed E-state index contributed by atoms with van der Waals surface area (Å²) in [6, 6.07) is 12.9. The van der Waals surface area contributed by atoms with Crippen LogP contribution in [-0.4, -0.2) is 69.4 Å². The van der Waals surface area contributed by atoms with E-state index in [9.17, 15) is 23.2 Å². The maximum absolute atomic E-state index is 13.3. The van der Waals surface area contributed by atoms with Gasteiger partial charge in [-0.15, -0.1) is 0 Å². The largest absolute Gasteiger partial charge is 0.469 e. The van der Waals surface area contributed by atoms with Crippen molar-refractivity contribution in [1.29, 1.82) is 0 Å². The van der Waals surface area contributed by atoms with Gasteiger partial charge in [0.25, 0.3) is 0 Å². The van der Waals surface area contributed by atoms with Crippen LogP contribution in [0.4, 0.5) is 13.6 Å². The highest BCUT2D eigenvalue weighted by Gasteiger charge is 2.36. The number of ether oxygens (including phenoxy) is 3. The molecule has 4 rings (SSSR count). The number of hydrogen-bond donors (Lipinski definition) is 1. The minimum Gasteiger partial charge on any atom is -0.469 e. The number of benzene rings is 2. The van der Waals surface area contributed by atoms with E-state index in [1.807, 2.05) is 6.07 Å². The van der Waals surface area contributed by atoms with Gasteiger partial charge >= 0.3 is 18.0 Å². The highest BCUT2D eigenvalue weighted by molar-refractivity contribution is 5.74. The predicted octanol–water partition coefficient (Wildman–Crippen LogP) is 4.30. The second-order valence-corrected chi connectivity index (χ2v) is 10.1. The monoisotopic (exact) mass is 560 g/mol. The quantitative estimate of drug-likeness (QED) is 0.416. The van der Waals surface area contributed by atoms with Crippen molar-refractivity contribution >= 4 is 18.0 Å². The molecule has 0 radical (unpaired) electrons. The number of carbonyl (C=O) groups excluding carboxylic acids is 3. The second-order valence-electron chi connectivity index (χ2n) is 10.1. The minimum absolute atomic E-state index is 0.0326. The van der Waals surface area contributed by atoms with Crippen molar-refractivity contribution in [1.82, 2.24) is 10.2 Å². The Bertz CT molecular complexity index is 1150. The number of carbonyl (C=O) groups is 3. The fourth-order valence-electron chi connectivity index (χ4n) is 5.41. The number of hydrogen-bond acceptors (Lipinski definition) is 7. The van der Waals surface area contributed by atoms with E-state index in [-0.39, 0.29) is 47.5 Å². The lowest BCUT2D eigenvalue weighted by molar-refractivity contribution is -0.148. The van der Waals surface area contributed by atoms with E-state index in [0.29, 0.717) is 25.8 Å². The zero-order valence-corrected chi connectivity index (χ0v) is 23.2. The van der Waals surface area contributed by atoms with Crippen molar-refractivity contribution < 1.29 is 37.4 Å². The van der Waals surface area contributed by atoms with Crippen LogP contribution in [0.25, 0.3) is 0 Å². The van der Waals surface area contributed by atoms with Gasteiger partial charge in [0.05, 0.1) is 33.2 Å². The minimum atomic E-state index is -0.426. The molecule has 2 saturated heterocycles. The molecule has 2 aliphatic heterocycles. The van der Waals surface area contributed by atoms with E-state index in [0.717, 1.165) is 36.9 Å². The van der Waals surface area contributed by atoms with Crippen molar-refractivity contribution in [3.05, 3.63) is 71.3 Å². The van der Waals surface area contributed by atoms with Gasteiger partial charge in [0.15, 0.2) is 0 Å². The van der Waals surface area contributed by atoms with Crippen LogP contribution in [0.15, 0.2) is 48.5 Å². The third-order valence-electron chi connectivity index (χ3n) is 7.42. The molecule has 0 aromatic heterocycles. The molecule has 4 atom stereocenters. The molecule has 0 aliphatic carbocycles. The molecule has 218 valence electrons. The number of rotatable bonds is 6. The summed E-state index contributed by atoms with van der Waals surface area (Å²) < 4.78 is 40.8. The summed E-state index contributed by atoms with van der Waals surface area (Å²) in [5.74, 6) is -1.22. The molecule has 0 saturated carbocycles. The first-order valence-electron chi connectivity index (χ1n) is 13.5. The molecule has 0 bridgehead atoms. The molecule has 2 aliphatic rings. The molecule has 2 heterocycles. The SMILES string of the molecule is COC(=O)C1CCN(C(=O)OC)C(Cc2cccc(F)c2)C1.COC(=O)C1CCNC(Cc2cccc(F)c2)C1. The Morgan fingerprint density at radius 3 is 1.95 bits per heavy atom. The van der Waals surface area contributed by atoms with Crippen molar-refractivity contribution in [3.63, 3.8) is 0 Å². The first-order chi connectivity index (χ1) is 19.2. The fourth-order valence-corrected chi connectivity index (χ4v) is 5.41. The molecule has 2 aromatic carbocycles. The Labute approximate surface area is 234 Å². The predicted molar refractivity (Wildman–Crippen MR) is 144 cm³/mol. The third kappa shape index (κ3) is 9.01. The van der Waals surface area contributed by atoms with Crippen LogP contribution in [0, 0.1) is 23.5 Å². The number of nitrogens with zero attached hydrogens (tertiary/aromatic N) is 1. The summed E-state index contributed by atoms with van der Waals surface area (Å²) in [6.45, 7) is 1.23. The first kappa shape index (κ1) is 31.0. The zero-order chi connectivity index (χ0) is 29.1.